The number of anilines is 1. The second kappa shape index (κ2) is 10.0. The topological polar surface area (TPSA) is 59.8 Å². The molecule has 5 nitrogen and oxygen atoms in total. The van der Waals surface area contributed by atoms with E-state index in [2.05, 4.69) is 46.7 Å². The van der Waals surface area contributed by atoms with E-state index in [9.17, 15) is 4.79 Å². The highest BCUT2D eigenvalue weighted by Gasteiger charge is 2.12. The van der Waals surface area contributed by atoms with Crippen molar-refractivity contribution in [3.05, 3.63) is 70.5 Å². The molecule has 1 amide bonds. The molecule has 0 bridgehead atoms. The van der Waals surface area contributed by atoms with Crippen LogP contribution in [0.1, 0.15) is 17.0 Å². The number of rotatable bonds is 8. The van der Waals surface area contributed by atoms with Crippen molar-refractivity contribution >= 4 is 46.7 Å². The predicted molar refractivity (Wildman–Crippen MR) is 118 cm³/mol. The molecule has 3 aromatic rings. The second-order valence-corrected chi connectivity index (χ2v) is 8.65. The van der Waals surface area contributed by atoms with Crippen molar-refractivity contribution in [3.8, 4) is 0 Å². The number of halogens is 1. The molecule has 0 radical (unpaired) electrons. The lowest BCUT2D eigenvalue weighted by atomic mass is 10.2. The summed E-state index contributed by atoms with van der Waals surface area (Å²) < 4.78 is 1.94. The molecule has 8 heteroatoms. The molecule has 0 aliphatic heterocycles. The standard InChI is InChI=1S/C20H21ClN4OS2/c1-14-6-8-15(9-7-14)11-27-12-18-23-24-20(25(18)2)28-13-19(26)22-17-5-3-4-16(21)10-17/h3-10H,11-13H2,1-2H3,(H,22,26). The number of benzene rings is 2. The molecule has 0 unspecified atom stereocenters. The lowest BCUT2D eigenvalue weighted by Crippen LogP contribution is -2.14. The Hall–Kier alpha value is -1.96. The molecule has 0 aliphatic rings. The van der Waals surface area contributed by atoms with Gasteiger partial charge in [-0.25, -0.2) is 0 Å². The van der Waals surface area contributed by atoms with Gasteiger partial charge in [-0.3, -0.25) is 4.79 Å². The fourth-order valence-corrected chi connectivity index (χ4v) is 4.32. The van der Waals surface area contributed by atoms with Gasteiger partial charge < -0.3 is 9.88 Å². The first-order valence-electron chi connectivity index (χ1n) is 8.71. The minimum atomic E-state index is -0.106. The number of aromatic nitrogens is 3. The first-order chi connectivity index (χ1) is 13.5. The Morgan fingerprint density at radius 2 is 1.93 bits per heavy atom. The molecule has 0 atom stereocenters. The monoisotopic (exact) mass is 432 g/mol. The van der Waals surface area contributed by atoms with E-state index in [1.54, 1.807) is 36.0 Å². The fraction of sp³-hybridized carbons (Fsp3) is 0.250. The number of carbonyl (C=O) groups excluding carboxylic acids is 1. The summed E-state index contributed by atoms with van der Waals surface area (Å²) in [6.45, 7) is 2.09. The summed E-state index contributed by atoms with van der Waals surface area (Å²) in [5, 5.41) is 12.6. The number of hydrogen-bond donors (Lipinski definition) is 1. The Kier molecular flexibility index (Phi) is 7.42. The smallest absolute Gasteiger partial charge is 0.234 e. The zero-order chi connectivity index (χ0) is 19.9. The van der Waals surface area contributed by atoms with E-state index in [1.807, 2.05) is 11.6 Å². The minimum Gasteiger partial charge on any atom is -0.325 e. The van der Waals surface area contributed by atoms with Crippen LogP contribution in [0.3, 0.4) is 0 Å². The molecular formula is C20H21ClN4OS2. The van der Waals surface area contributed by atoms with Crippen molar-refractivity contribution in [2.24, 2.45) is 7.05 Å². The Morgan fingerprint density at radius 1 is 1.14 bits per heavy atom. The third kappa shape index (κ3) is 6.02. The highest BCUT2D eigenvalue weighted by molar-refractivity contribution is 7.99. The molecule has 3 rings (SSSR count). The van der Waals surface area contributed by atoms with Crippen LogP contribution < -0.4 is 5.32 Å². The maximum Gasteiger partial charge on any atom is 0.234 e. The number of aryl methyl sites for hydroxylation is 1. The van der Waals surface area contributed by atoms with Gasteiger partial charge in [0.05, 0.1) is 11.5 Å². The summed E-state index contributed by atoms with van der Waals surface area (Å²) >= 11 is 9.09. The van der Waals surface area contributed by atoms with E-state index >= 15 is 0 Å². The summed E-state index contributed by atoms with van der Waals surface area (Å²) in [6, 6.07) is 15.6. The summed E-state index contributed by atoms with van der Waals surface area (Å²) in [6.07, 6.45) is 0. The van der Waals surface area contributed by atoms with E-state index in [4.69, 9.17) is 11.6 Å². The zero-order valence-electron chi connectivity index (χ0n) is 15.7. The molecular weight excluding hydrogens is 412 g/mol. The van der Waals surface area contributed by atoms with Crippen LogP contribution in [0.15, 0.2) is 53.7 Å². The van der Waals surface area contributed by atoms with Gasteiger partial charge in [0.2, 0.25) is 5.91 Å². The lowest BCUT2D eigenvalue weighted by molar-refractivity contribution is -0.113. The number of thioether (sulfide) groups is 2. The molecule has 146 valence electrons. The van der Waals surface area contributed by atoms with Crippen molar-refractivity contribution in [3.63, 3.8) is 0 Å². The molecule has 0 saturated heterocycles. The van der Waals surface area contributed by atoms with Gasteiger partial charge in [-0.1, -0.05) is 59.3 Å². The van der Waals surface area contributed by atoms with Crippen LogP contribution in [-0.4, -0.2) is 26.4 Å². The Morgan fingerprint density at radius 3 is 2.68 bits per heavy atom. The fourth-order valence-electron chi connectivity index (χ4n) is 2.43. The van der Waals surface area contributed by atoms with Crippen LogP contribution in [0.4, 0.5) is 5.69 Å². The zero-order valence-corrected chi connectivity index (χ0v) is 18.1. The molecule has 0 saturated carbocycles. The highest BCUT2D eigenvalue weighted by Crippen LogP contribution is 2.21. The number of nitrogens with one attached hydrogen (secondary N) is 1. The quantitative estimate of drug-likeness (QED) is 0.511. The molecule has 2 aromatic carbocycles. The summed E-state index contributed by atoms with van der Waals surface area (Å²) in [5.74, 6) is 2.75. The van der Waals surface area contributed by atoms with E-state index < -0.39 is 0 Å². The lowest BCUT2D eigenvalue weighted by Gasteiger charge is -2.06. The Bertz CT molecular complexity index is 944. The van der Waals surface area contributed by atoms with Crippen molar-refractivity contribution in [2.45, 2.75) is 23.6 Å². The van der Waals surface area contributed by atoms with Crippen LogP contribution in [0.5, 0.6) is 0 Å². The average molecular weight is 433 g/mol. The average Bonchev–Trinajstić information content (AvgIpc) is 3.02. The first kappa shape index (κ1) is 20.8. The largest absolute Gasteiger partial charge is 0.325 e. The minimum absolute atomic E-state index is 0.106. The van der Waals surface area contributed by atoms with Gasteiger partial charge in [0.15, 0.2) is 5.16 Å². The van der Waals surface area contributed by atoms with E-state index in [-0.39, 0.29) is 11.7 Å². The van der Waals surface area contributed by atoms with Crippen LogP contribution in [0.2, 0.25) is 5.02 Å². The third-order valence-corrected chi connectivity index (χ3v) is 6.24. The summed E-state index contributed by atoms with van der Waals surface area (Å²) in [5.41, 5.74) is 3.25. The van der Waals surface area contributed by atoms with Crippen LogP contribution in [0.25, 0.3) is 0 Å². The van der Waals surface area contributed by atoms with Gasteiger partial charge >= 0.3 is 0 Å². The molecule has 0 spiro atoms. The van der Waals surface area contributed by atoms with Gasteiger partial charge in [0.1, 0.15) is 5.82 Å². The van der Waals surface area contributed by atoms with Gasteiger partial charge in [0, 0.05) is 23.5 Å². The van der Waals surface area contributed by atoms with Crippen molar-refractivity contribution in [2.75, 3.05) is 11.1 Å². The third-order valence-electron chi connectivity index (χ3n) is 3.99. The molecule has 1 heterocycles. The highest BCUT2D eigenvalue weighted by atomic mass is 35.5. The van der Waals surface area contributed by atoms with E-state index in [0.29, 0.717) is 10.7 Å². The Labute approximate surface area is 178 Å². The Balaban J connectivity index is 1.47. The maximum atomic E-state index is 12.1. The van der Waals surface area contributed by atoms with Crippen molar-refractivity contribution in [1.29, 1.82) is 0 Å². The van der Waals surface area contributed by atoms with Crippen LogP contribution >= 0.6 is 35.1 Å². The normalized spacial score (nSPS) is 10.8. The van der Waals surface area contributed by atoms with Crippen molar-refractivity contribution in [1.82, 2.24) is 14.8 Å². The number of hydrogen-bond acceptors (Lipinski definition) is 5. The van der Waals surface area contributed by atoms with Gasteiger partial charge in [-0.2, -0.15) is 0 Å². The van der Waals surface area contributed by atoms with Crippen molar-refractivity contribution < 1.29 is 4.79 Å². The number of nitrogens with zero attached hydrogens (tertiary/aromatic N) is 3. The number of amides is 1. The predicted octanol–water partition coefficient (Wildman–Crippen LogP) is 4.94. The van der Waals surface area contributed by atoms with Gasteiger partial charge in [-0.05, 0) is 30.7 Å². The molecule has 28 heavy (non-hydrogen) atoms. The van der Waals surface area contributed by atoms with Gasteiger partial charge in [0.25, 0.3) is 0 Å². The first-order valence-corrected chi connectivity index (χ1v) is 11.2. The summed E-state index contributed by atoms with van der Waals surface area (Å²) in [7, 11) is 1.93. The second-order valence-electron chi connectivity index (χ2n) is 6.28. The molecule has 0 aliphatic carbocycles. The van der Waals surface area contributed by atoms with Crippen LogP contribution in [-0.2, 0) is 23.3 Å². The molecule has 0 fully saturated rings. The molecule has 1 aromatic heterocycles. The SMILES string of the molecule is Cc1ccc(CSCc2nnc(SCC(=O)Nc3cccc(Cl)c3)n2C)cc1. The maximum absolute atomic E-state index is 12.1. The van der Waals surface area contributed by atoms with Crippen LogP contribution in [0, 0.1) is 6.92 Å². The van der Waals surface area contributed by atoms with E-state index in [1.165, 1.54) is 22.9 Å². The van der Waals surface area contributed by atoms with Gasteiger partial charge in [-0.15, -0.1) is 22.0 Å². The molecule has 1 N–H and O–H groups in total. The van der Waals surface area contributed by atoms with E-state index in [0.717, 1.165) is 22.5 Å². The number of carbonyl (C=O) groups is 1. The summed E-state index contributed by atoms with van der Waals surface area (Å²) in [4.78, 5) is 12.1.